The van der Waals surface area contributed by atoms with Crippen LogP contribution in [0.1, 0.15) is 60.2 Å². The molecule has 210 valence electrons. The van der Waals surface area contributed by atoms with Crippen molar-refractivity contribution in [2.75, 3.05) is 10.6 Å². The number of nitrogens with one attached hydrogen (secondary N) is 3. The third-order valence-corrected chi connectivity index (χ3v) is 6.25. The maximum atomic E-state index is 12.9. The molecule has 2 aliphatic carbocycles. The van der Waals surface area contributed by atoms with E-state index in [4.69, 9.17) is 34.7 Å². The minimum Gasteiger partial charge on any atom is -0.478 e. The molecule has 0 spiro atoms. The molecule has 2 aromatic rings. The molecule has 0 radical (unpaired) electrons. The van der Waals surface area contributed by atoms with Crippen LogP contribution in [0, 0.1) is 12.3 Å². The molecule has 14 heteroatoms. The summed E-state index contributed by atoms with van der Waals surface area (Å²) in [4.78, 5) is 31.0. The van der Waals surface area contributed by atoms with Gasteiger partial charge in [-0.05, 0) is 26.0 Å². The number of rotatable bonds is 7. The fourth-order valence-corrected chi connectivity index (χ4v) is 4.06. The molecule has 2 aliphatic rings. The largest absolute Gasteiger partial charge is 0.478 e. The zero-order valence-corrected chi connectivity index (χ0v) is 22.3. The number of aromatic nitrogens is 2. The number of alkyl halides is 4. The maximum absolute atomic E-state index is 12.9. The van der Waals surface area contributed by atoms with Gasteiger partial charge in [-0.25, -0.2) is 32.3 Å². The van der Waals surface area contributed by atoms with Crippen LogP contribution < -0.4 is 16.0 Å². The molecule has 2 aromatic heterocycles. The summed E-state index contributed by atoms with van der Waals surface area (Å²) in [6.07, 6.45) is 6.77. The van der Waals surface area contributed by atoms with Gasteiger partial charge in [0.05, 0.1) is 21.1 Å². The van der Waals surface area contributed by atoms with Crippen LogP contribution >= 0.6 is 23.2 Å². The van der Waals surface area contributed by atoms with Crippen LogP contribution in [-0.2, 0) is 0 Å². The molecule has 0 atom stereocenters. The van der Waals surface area contributed by atoms with Gasteiger partial charge in [0.1, 0.15) is 17.2 Å². The maximum Gasteiger partial charge on any atom is 0.339 e. The van der Waals surface area contributed by atoms with Crippen molar-refractivity contribution in [1.29, 1.82) is 0 Å². The van der Waals surface area contributed by atoms with E-state index in [1.165, 1.54) is 24.5 Å². The van der Waals surface area contributed by atoms with Gasteiger partial charge >= 0.3 is 5.97 Å². The molecule has 39 heavy (non-hydrogen) atoms. The Hall–Kier alpha value is -3.30. The Labute approximate surface area is 231 Å². The first-order valence-corrected chi connectivity index (χ1v) is 12.4. The average molecular weight is 590 g/mol. The highest BCUT2D eigenvalue weighted by molar-refractivity contribution is 6.31. The van der Waals surface area contributed by atoms with Crippen LogP contribution in [-0.4, -0.2) is 56.4 Å². The van der Waals surface area contributed by atoms with E-state index in [2.05, 4.69) is 31.8 Å². The number of pyridine rings is 2. The minimum absolute atomic E-state index is 0.0717. The molecule has 2 fully saturated rings. The number of carboxylic acid groups (broad SMARTS) is 1. The molecule has 1 amide bonds. The number of nitrogens with zero attached hydrogens (tertiary/aromatic N) is 2. The highest BCUT2D eigenvalue weighted by atomic mass is 35.5. The molecule has 0 bridgehead atoms. The topological polar surface area (TPSA) is 116 Å². The van der Waals surface area contributed by atoms with E-state index in [1.54, 1.807) is 13.8 Å². The highest BCUT2D eigenvalue weighted by Gasteiger charge is 2.46. The first-order valence-electron chi connectivity index (χ1n) is 11.6. The van der Waals surface area contributed by atoms with Gasteiger partial charge < -0.3 is 21.1 Å². The normalized spacial score (nSPS) is 17.8. The fraction of sp³-hybridized carbons (Fsp3) is 0.440. The van der Waals surface area contributed by atoms with Crippen molar-refractivity contribution in [3.8, 4) is 12.3 Å². The standard InChI is InChI=1S/C15H16ClF2N3O.C10H9ClF2N2O2/c1-4-14(2,3)21-13(22)11-5-9(16)8-19-12(11)20-10-6-15(17,18)7-10;11-5-1-7(9(16)17)8(14-4-5)15-6-2-10(12,13)3-6/h1,5,8,10H,6-7H2,2-3H3,(H,19,20)(H,21,22);1,4,6H,2-3H2,(H,14,15)(H,16,17). The van der Waals surface area contributed by atoms with Gasteiger partial charge in [0.25, 0.3) is 17.8 Å². The third-order valence-electron chi connectivity index (χ3n) is 5.83. The first kappa shape index (κ1) is 30.2. The van der Waals surface area contributed by atoms with Crippen LogP contribution in [0.4, 0.5) is 29.2 Å². The van der Waals surface area contributed by atoms with E-state index in [0.717, 1.165) is 0 Å². The lowest BCUT2D eigenvalue weighted by atomic mass is 9.88. The Bertz CT molecular complexity index is 1290. The zero-order chi connectivity index (χ0) is 29.2. The minimum atomic E-state index is -2.66. The van der Waals surface area contributed by atoms with Gasteiger partial charge in [0.2, 0.25) is 0 Å². The average Bonchev–Trinajstić information content (AvgIpc) is 2.79. The van der Waals surface area contributed by atoms with Crippen molar-refractivity contribution in [1.82, 2.24) is 15.3 Å². The first-order chi connectivity index (χ1) is 18.0. The number of halogens is 6. The van der Waals surface area contributed by atoms with E-state index >= 15 is 0 Å². The lowest BCUT2D eigenvalue weighted by Gasteiger charge is -2.36. The van der Waals surface area contributed by atoms with Crippen LogP contribution in [0.5, 0.6) is 0 Å². The van der Waals surface area contributed by atoms with Gasteiger partial charge in [-0.1, -0.05) is 29.1 Å². The lowest BCUT2D eigenvalue weighted by Crippen LogP contribution is -2.45. The highest BCUT2D eigenvalue weighted by Crippen LogP contribution is 2.40. The van der Waals surface area contributed by atoms with Crippen LogP contribution in [0.25, 0.3) is 0 Å². The Balaban J connectivity index is 0.000000223. The summed E-state index contributed by atoms with van der Waals surface area (Å²) in [5.74, 6) is -4.25. The molecule has 0 aliphatic heterocycles. The zero-order valence-electron chi connectivity index (χ0n) is 20.8. The van der Waals surface area contributed by atoms with Crippen molar-refractivity contribution >= 4 is 46.7 Å². The Morgan fingerprint density at radius 2 is 1.36 bits per heavy atom. The Morgan fingerprint density at radius 3 is 1.74 bits per heavy atom. The van der Waals surface area contributed by atoms with Crippen molar-refractivity contribution in [2.45, 2.75) is 69.0 Å². The number of amides is 1. The van der Waals surface area contributed by atoms with Crippen LogP contribution in [0.2, 0.25) is 10.0 Å². The molecule has 0 unspecified atom stereocenters. The summed E-state index contributed by atoms with van der Waals surface area (Å²) in [5.41, 5.74) is -0.793. The molecule has 4 N–H and O–H groups in total. The van der Waals surface area contributed by atoms with Gasteiger partial charge in [-0.2, -0.15) is 0 Å². The molecule has 0 aromatic carbocycles. The summed E-state index contributed by atoms with van der Waals surface area (Å²) in [7, 11) is 0. The second-order valence-electron chi connectivity index (χ2n) is 9.84. The number of hydrogen-bond donors (Lipinski definition) is 4. The second-order valence-corrected chi connectivity index (χ2v) is 10.7. The van der Waals surface area contributed by atoms with E-state index in [0.29, 0.717) is 0 Å². The number of carboxylic acids is 1. The molecule has 8 nitrogen and oxygen atoms in total. The Kier molecular flexibility index (Phi) is 8.87. The van der Waals surface area contributed by atoms with Crippen LogP contribution in [0.3, 0.4) is 0 Å². The quantitative estimate of drug-likeness (QED) is 0.241. The number of hydrogen-bond acceptors (Lipinski definition) is 6. The van der Waals surface area contributed by atoms with Crippen LogP contribution in [0.15, 0.2) is 24.5 Å². The number of terminal acetylenes is 1. The third kappa shape index (κ3) is 8.34. The van der Waals surface area contributed by atoms with Crippen molar-refractivity contribution in [3.63, 3.8) is 0 Å². The number of carbonyl (C=O) groups excluding carboxylic acids is 1. The monoisotopic (exact) mass is 589 g/mol. The molecular formula is C25H25Cl2F4N5O3. The number of carbonyl (C=O) groups is 2. The molecule has 0 saturated heterocycles. The smallest absolute Gasteiger partial charge is 0.339 e. The van der Waals surface area contributed by atoms with Gasteiger partial charge in [-0.3, -0.25) is 4.79 Å². The summed E-state index contributed by atoms with van der Waals surface area (Å²) < 4.78 is 51.0. The summed E-state index contributed by atoms with van der Waals surface area (Å²) in [5, 5.41) is 17.6. The van der Waals surface area contributed by atoms with E-state index in [1.807, 2.05) is 0 Å². The number of anilines is 2. The molecular weight excluding hydrogens is 565 g/mol. The number of aromatic carboxylic acids is 1. The Morgan fingerprint density at radius 1 is 0.949 bits per heavy atom. The SMILES string of the molecule is C#CC(C)(C)NC(=O)c1cc(Cl)cnc1NC1CC(F)(F)C1.O=C(O)c1cc(Cl)cnc1NC1CC(F)(F)C1. The van der Waals surface area contributed by atoms with E-state index < -0.39 is 41.3 Å². The fourth-order valence-electron chi connectivity index (χ4n) is 3.75. The van der Waals surface area contributed by atoms with E-state index in [-0.39, 0.29) is 58.5 Å². The van der Waals surface area contributed by atoms with E-state index in [9.17, 15) is 27.2 Å². The summed E-state index contributed by atoms with van der Waals surface area (Å²) in [6, 6.07) is 1.79. The summed E-state index contributed by atoms with van der Waals surface area (Å²) >= 11 is 11.5. The van der Waals surface area contributed by atoms with Crippen molar-refractivity contribution < 1.29 is 32.3 Å². The molecule has 4 rings (SSSR count). The predicted octanol–water partition coefficient (Wildman–Crippen LogP) is 5.73. The van der Waals surface area contributed by atoms with Gasteiger partial charge in [-0.15, -0.1) is 6.42 Å². The lowest BCUT2D eigenvalue weighted by molar-refractivity contribution is -0.0800. The molecule has 2 saturated carbocycles. The molecule has 2 heterocycles. The van der Waals surface area contributed by atoms with Gasteiger partial charge in [0, 0.05) is 50.2 Å². The van der Waals surface area contributed by atoms with Crippen molar-refractivity contribution in [2.24, 2.45) is 0 Å². The second kappa shape index (κ2) is 11.4. The predicted molar refractivity (Wildman–Crippen MR) is 139 cm³/mol. The summed E-state index contributed by atoms with van der Waals surface area (Å²) in [6.45, 7) is 3.34. The van der Waals surface area contributed by atoms with Gasteiger partial charge in [0.15, 0.2) is 0 Å². The van der Waals surface area contributed by atoms with Crippen molar-refractivity contribution in [3.05, 3.63) is 45.7 Å².